The number of methoxy groups -OCH3 is 1. The molecule has 1 aromatic heterocycles. The quantitative estimate of drug-likeness (QED) is 0.855. The molecule has 0 amide bonds. The lowest BCUT2D eigenvalue weighted by atomic mass is 10.1. The van der Waals surface area contributed by atoms with Gasteiger partial charge in [0.05, 0.1) is 6.20 Å². The molecule has 0 saturated carbocycles. The molecule has 4 heteroatoms. The number of nitrogens with two attached hydrogens (primary N) is 1. The number of aromatic nitrogens is 1. The first-order chi connectivity index (χ1) is 8.35. The van der Waals surface area contributed by atoms with Gasteiger partial charge in [-0.2, -0.15) is 0 Å². The summed E-state index contributed by atoms with van der Waals surface area (Å²) in [4.78, 5) is 4.17. The number of nitrogens with zero attached hydrogens (tertiary/aromatic N) is 1. The highest BCUT2D eigenvalue weighted by molar-refractivity contribution is 5.23. The highest BCUT2D eigenvalue weighted by Gasteiger charge is 2.17. The zero-order valence-corrected chi connectivity index (χ0v) is 9.80. The second-order valence-electron chi connectivity index (χ2n) is 3.72. The van der Waals surface area contributed by atoms with Crippen LogP contribution in [0.2, 0.25) is 0 Å². The molecule has 4 nitrogen and oxygen atoms in total. The maximum Gasteiger partial charge on any atom is 0.195 e. The van der Waals surface area contributed by atoms with Crippen molar-refractivity contribution >= 4 is 0 Å². The molecule has 0 aliphatic rings. The van der Waals surface area contributed by atoms with Crippen molar-refractivity contribution < 1.29 is 9.15 Å². The summed E-state index contributed by atoms with van der Waals surface area (Å²) in [6, 6.07) is 9.91. The molecule has 90 valence electrons. The van der Waals surface area contributed by atoms with Gasteiger partial charge in [0.25, 0.3) is 0 Å². The van der Waals surface area contributed by atoms with Crippen molar-refractivity contribution in [2.45, 2.75) is 12.5 Å². The fourth-order valence-electron chi connectivity index (χ4n) is 1.73. The van der Waals surface area contributed by atoms with Crippen LogP contribution in [0.5, 0.6) is 0 Å². The van der Waals surface area contributed by atoms with E-state index in [0.717, 1.165) is 5.56 Å². The van der Waals surface area contributed by atoms with Crippen molar-refractivity contribution in [3.05, 3.63) is 53.7 Å². The third-order valence-corrected chi connectivity index (χ3v) is 2.53. The summed E-state index contributed by atoms with van der Waals surface area (Å²) in [6.07, 6.45) is 2.13. The monoisotopic (exact) mass is 232 g/mol. The van der Waals surface area contributed by atoms with Gasteiger partial charge in [-0.3, -0.25) is 0 Å². The number of oxazole rings is 1. The van der Waals surface area contributed by atoms with E-state index in [1.807, 2.05) is 30.3 Å². The van der Waals surface area contributed by atoms with Crippen LogP contribution < -0.4 is 5.73 Å². The van der Waals surface area contributed by atoms with E-state index >= 15 is 0 Å². The molecule has 2 rings (SSSR count). The third-order valence-electron chi connectivity index (χ3n) is 2.53. The Balaban J connectivity index is 2.23. The Kier molecular flexibility index (Phi) is 3.90. The second kappa shape index (κ2) is 5.61. The summed E-state index contributed by atoms with van der Waals surface area (Å²) < 4.78 is 11.1. The summed E-state index contributed by atoms with van der Waals surface area (Å²) in [5.74, 6) is 1.36. The molecule has 0 fully saturated rings. The summed E-state index contributed by atoms with van der Waals surface area (Å²) in [5, 5.41) is 0. The van der Waals surface area contributed by atoms with E-state index < -0.39 is 0 Å². The Morgan fingerprint density at radius 3 is 2.76 bits per heavy atom. The molecule has 1 atom stereocenters. The molecule has 0 spiro atoms. The average Bonchev–Trinajstić information content (AvgIpc) is 2.81. The third kappa shape index (κ3) is 2.72. The van der Waals surface area contributed by atoms with Crippen LogP contribution in [0.3, 0.4) is 0 Å². The van der Waals surface area contributed by atoms with Crippen LogP contribution in [0.1, 0.15) is 23.3 Å². The van der Waals surface area contributed by atoms with Crippen molar-refractivity contribution in [3.63, 3.8) is 0 Å². The fourth-order valence-corrected chi connectivity index (χ4v) is 1.73. The number of rotatable bonds is 5. The number of ether oxygens (including phenoxy) is 1. The lowest BCUT2D eigenvalue weighted by molar-refractivity contribution is 0.115. The molecule has 2 N–H and O–H groups in total. The average molecular weight is 232 g/mol. The SMILES string of the molecule is COC(c1ccccc1)c1cnc(CCN)o1. The van der Waals surface area contributed by atoms with Gasteiger partial charge in [0.2, 0.25) is 0 Å². The zero-order chi connectivity index (χ0) is 12.1. The smallest absolute Gasteiger partial charge is 0.195 e. The van der Waals surface area contributed by atoms with Gasteiger partial charge >= 0.3 is 0 Å². The van der Waals surface area contributed by atoms with Gasteiger partial charge in [-0.25, -0.2) is 4.98 Å². The summed E-state index contributed by atoms with van der Waals surface area (Å²) in [5.41, 5.74) is 6.50. The number of hydrogen-bond donors (Lipinski definition) is 1. The Bertz CT molecular complexity index is 453. The molecule has 2 aromatic rings. The fraction of sp³-hybridized carbons (Fsp3) is 0.308. The summed E-state index contributed by atoms with van der Waals surface area (Å²) >= 11 is 0. The van der Waals surface area contributed by atoms with Crippen LogP contribution in [0, 0.1) is 0 Å². The topological polar surface area (TPSA) is 61.3 Å². The number of benzene rings is 1. The van der Waals surface area contributed by atoms with Crippen molar-refractivity contribution in [2.24, 2.45) is 5.73 Å². The van der Waals surface area contributed by atoms with E-state index in [2.05, 4.69) is 4.98 Å². The molecule has 1 aromatic carbocycles. The van der Waals surface area contributed by atoms with Gasteiger partial charge in [-0.05, 0) is 5.56 Å². The van der Waals surface area contributed by atoms with Gasteiger partial charge in [-0.1, -0.05) is 30.3 Å². The van der Waals surface area contributed by atoms with E-state index in [-0.39, 0.29) is 6.10 Å². The molecular formula is C13H16N2O2. The van der Waals surface area contributed by atoms with E-state index in [4.69, 9.17) is 14.9 Å². The van der Waals surface area contributed by atoms with Crippen LogP contribution in [0.4, 0.5) is 0 Å². The molecule has 0 bridgehead atoms. The molecule has 0 aliphatic carbocycles. The molecule has 0 aliphatic heterocycles. The van der Waals surface area contributed by atoms with Gasteiger partial charge < -0.3 is 14.9 Å². The summed E-state index contributed by atoms with van der Waals surface area (Å²) in [6.45, 7) is 0.531. The lowest BCUT2D eigenvalue weighted by Crippen LogP contribution is -2.03. The maximum atomic E-state index is 5.62. The first-order valence-electron chi connectivity index (χ1n) is 5.57. The van der Waals surface area contributed by atoms with Crippen molar-refractivity contribution in [1.82, 2.24) is 4.98 Å². The van der Waals surface area contributed by atoms with Crippen LogP contribution in [0.25, 0.3) is 0 Å². The largest absolute Gasteiger partial charge is 0.443 e. The Labute approximate surface area is 100 Å². The van der Waals surface area contributed by atoms with Gasteiger partial charge in [-0.15, -0.1) is 0 Å². The summed E-state index contributed by atoms with van der Waals surface area (Å²) in [7, 11) is 1.66. The molecule has 1 unspecified atom stereocenters. The Morgan fingerprint density at radius 1 is 1.35 bits per heavy atom. The first kappa shape index (κ1) is 11.8. The van der Waals surface area contributed by atoms with Crippen LogP contribution >= 0.6 is 0 Å². The van der Waals surface area contributed by atoms with E-state index in [9.17, 15) is 0 Å². The zero-order valence-electron chi connectivity index (χ0n) is 9.80. The molecule has 0 saturated heterocycles. The van der Waals surface area contributed by atoms with E-state index in [1.165, 1.54) is 0 Å². The van der Waals surface area contributed by atoms with Crippen molar-refractivity contribution in [3.8, 4) is 0 Å². The van der Waals surface area contributed by atoms with Gasteiger partial charge in [0.1, 0.15) is 6.10 Å². The predicted octanol–water partition coefficient (Wildman–Crippen LogP) is 1.91. The van der Waals surface area contributed by atoms with Crippen LogP contribution in [0.15, 0.2) is 40.9 Å². The number of hydrogen-bond acceptors (Lipinski definition) is 4. The minimum Gasteiger partial charge on any atom is -0.443 e. The standard InChI is InChI=1S/C13H16N2O2/c1-16-13(10-5-3-2-4-6-10)11-9-15-12(17-11)7-8-14/h2-6,9,13H,7-8,14H2,1H3. The van der Waals surface area contributed by atoms with Gasteiger partial charge in [0, 0.05) is 20.1 Å². The highest BCUT2D eigenvalue weighted by atomic mass is 16.5. The molecular weight excluding hydrogens is 216 g/mol. The second-order valence-corrected chi connectivity index (χ2v) is 3.72. The minimum absolute atomic E-state index is 0.213. The highest BCUT2D eigenvalue weighted by Crippen LogP contribution is 2.25. The van der Waals surface area contributed by atoms with E-state index in [0.29, 0.717) is 24.6 Å². The van der Waals surface area contributed by atoms with Gasteiger partial charge in [0.15, 0.2) is 11.7 Å². The maximum absolute atomic E-state index is 5.62. The first-order valence-corrected chi connectivity index (χ1v) is 5.57. The molecule has 0 radical (unpaired) electrons. The Hall–Kier alpha value is -1.65. The molecule has 1 heterocycles. The van der Waals surface area contributed by atoms with E-state index in [1.54, 1.807) is 13.3 Å². The lowest BCUT2D eigenvalue weighted by Gasteiger charge is -2.12. The Morgan fingerprint density at radius 2 is 2.12 bits per heavy atom. The minimum atomic E-state index is -0.213. The van der Waals surface area contributed by atoms with Crippen molar-refractivity contribution in [1.29, 1.82) is 0 Å². The van der Waals surface area contributed by atoms with Crippen LogP contribution in [-0.4, -0.2) is 18.6 Å². The predicted molar refractivity (Wildman–Crippen MR) is 64.6 cm³/mol. The molecule has 17 heavy (non-hydrogen) atoms. The normalized spacial score (nSPS) is 12.6. The van der Waals surface area contributed by atoms with Crippen molar-refractivity contribution in [2.75, 3.05) is 13.7 Å². The van der Waals surface area contributed by atoms with Crippen LogP contribution in [-0.2, 0) is 11.2 Å².